The Morgan fingerprint density at radius 2 is 2.22 bits per heavy atom. The second-order valence-corrected chi connectivity index (χ2v) is 5.25. The van der Waals surface area contributed by atoms with Crippen LogP contribution in [0.1, 0.15) is 44.6 Å². The Morgan fingerprint density at radius 3 is 2.89 bits per heavy atom. The largest absolute Gasteiger partial charge is 0.481 e. The number of rotatable bonds is 4. The molecule has 0 bridgehead atoms. The van der Waals surface area contributed by atoms with Crippen molar-refractivity contribution in [2.24, 2.45) is 11.8 Å². The van der Waals surface area contributed by atoms with Gasteiger partial charge >= 0.3 is 5.97 Å². The molecule has 1 aliphatic rings. The van der Waals surface area contributed by atoms with Gasteiger partial charge in [0.25, 0.3) is 0 Å². The van der Waals surface area contributed by atoms with Crippen LogP contribution in [0.15, 0.2) is 12.4 Å². The summed E-state index contributed by atoms with van der Waals surface area (Å²) >= 11 is 0. The number of aryl methyl sites for hydroxylation is 1. The summed E-state index contributed by atoms with van der Waals surface area (Å²) in [5.74, 6) is -0.512. The van der Waals surface area contributed by atoms with E-state index in [1.165, 1.54) is 12.0 Å². The first-order valence-electron chi connectivity index (χ1n) is 6.95. The summed E-state index contributed by atoms with van der Waals surface area (Å²) in [6.07, 6.45) is 10.1. The van der Waals surface area contributed by atoms with Gasteiger partial charge in [-0.05, 0) is 37.7 Å². The van der Waals surface area contributed by atoms with Gasteiger partial charge in [0.1, 0.15) is 0 Å². The van der Waals surface area contributed by atoms with Crippen LogP contribution in [-0.4, -0.2) is 20.9 Å². The summed E-state index contributed by atoms with van der Waals surface area (Å²) in [7, 11) is 0. The molecule has 4 nitrogen and oxygen atoms in total. The number of hydrogen-bond donors (Lipinski definition) is 1. The summed E-state index contributed by atoms with van der Waals surface area (Å²) in [5.41, 5.74) is 1.18. The van der Waals surface area contributed by atoms with E-state index in [9.17, 15) is 9.90 Å². The molecule has 0 radical (unpaired) electrons. The highest BCUT2D eigenvalue weighted by atomic mass is 16.4. The Bertz CT molecular complexity index is 400. The minimum absolute atomic E-state index is 0.169. The van der Waals surface area contributed by atoms with Gasteiger partial charge in [-0.15, -0.1) is 0 Å². The van der Waals surface area contributed by atoms with E-state index in [1.54, 1.807) is 0 Å². The molecule has 0 amide bonds. The van der Waals surface area contributed by atoms with E-state index in [0.29, 0.717) is 0 Å². The van der Waals surface area contributed by atoms with Crippen molar-refractivity contribution in [1.82, 2.24) is 9.78 Å². The highest BCUT2D eigenvalue weighted by Gasteiger charge is 2.29. The summed E-state index contributed by atoms with van der Waals surface area (Å²) < 4.78 is 1.90. The molecular weight excluding hydrogens is 228 g/mol. The molecule has 0 saturated heterocycles. The molecule has 1 fully saturated rings. The maximum Gasteiger partial charge on any atom is 0.306 e. The van der Waals surface area contributed by atoms with Crippen LogP contribution in [0.3, 0.4) is 0 Å². The van der Waals surface area contributed by atoms with Gasteiger partial charge in [-0.1, -0.05) is 19.3 Å². The van der Waals surface area contributed by atoms with Crippen molar-refractivity contribution < 1.29 is 9.90 Å². The number of carboxylic acids is 1. The topological polar surface area (TPSA) is 55.1 Å². The van der Waals surface area contributed by atoms with Crippen molar-refractivity contribution >= 4 is 5.97 Å². The molecule has 0 spiro atoms. The number of carbonyl (C=O) groups is 1. The first-order valence-corrected chi connectivity index (χ1v) is 6.95. The van der Waals surface area contributed by atoms with Gasteiger partial charge in [0, 0.05) is 12.7 Å². The maximum atomic E-state index is 11.3. The Morgan fingerprint density at radius 1 is 1.44 bits per heavy atom. The van der Waals surface area contributed by atoms with Crippen molar-refractivity contribution in [3.8, 4) is 0 Å². The standard InChI is InChI=1S/C14H22N2O2/c1-2-16-10-11(9-15-16)8-12-6-4-3-5-7-13(12)14(17)18/h9-10,12-13H,2-8H2,1H3,(H,17,18). The first-order chi connectivity index (χ1) is 8.70. The second kappa shape index (κ2) is 6.03. The van der Waals surface area contributed by atoms with Gasteiger partial charge in [0.15, 0.2) is 0 Å². The lowest BCUT2D eigenvalue weighted by atomic mass is 9.84. The van der Waals surface area contributed by atoms with Crippen LogP contribution in [0.4, 0.5) is 0 Å². The van der Waals surface area contributed by atoms with Crippen molar-refractivity contribution in [2.45, 2.75) is 52.0 Å². The minimum atomic E-state index is -0.621. The van der Waals surface area contributed by atoms with Crippen LogP contribution in [0.2, 0.25) is 0 Å². The predicted octanol–water partition coefficient (Wildman–Crippen LogP) is 2.73. The number of aliphatic carboxylic acids is 1. The Hall–Kier alpha value is -1.32. The predicted molar refractivity (Wildman–Crippen MR) is 69.3 cm³/mol. The van der Waals surface area contributed by atoms with Gasteiger partial charge in [-0.3, -0.25) is 9.48 Å². The van der Waals surface area contributed by atoms with Crippen molar-refractivity contribution in [3.05, 3.63) is 18.0 Å². The maximum absolute atomic E-state index is 11.3. The smallest absolute Gasteiger partial charge is 0.306 e. The molecule has 2 rings (SSSR count). The van der Waals surface area contributed by atoms with Crippen LogP contribution in [0.5, 0.6) is 0 Å². The normalized spacial score (nSPS) is 24.7. The quantitative estimate of drug-likeness (QED) is 0.836. The fourth-order valence-corrected chi connectivity index (χ4v) is 2.94. The molecule has 1 N–H and O–H groups in total. The molecular formula is C14H22N2O2. The zero-order chi connectivity index (χ0) is 13.0. The fraction of sp³-hybridized carbons (Fsp3) is 0.714. The van der Waals surface area contributed by atoms with E-state index in [2.05, 4.69) is 12.0 Å². The van der Waals surface area contributed by atoms with E-state index in [0.717, 1.165) is 38.6 Å². The zero-order valence-corrected chi connectivity index (χ0v) is 11.0. The molecule has 100 valence electrons. The fourth-order valence-electron chi connectivity index (χ4n) is 2.94. The van der Waals surface area contributed by atoms with Gasteiger partial charge in [0.05, 0.1) is 12.1 Å². The molecule has 1 aromatic rings. The Kier molecular flexibility index (Phi) is 4.39. The van der Waals surface area contributed by atoms with Crippen LogP contribution < -0.4 is 0 Å². The molecule has 18 heavy (non-hydrogen) atoms. The highest BCUT2D eigenvalue weighted by molar-refractivity contribution is 5.70. The molecule has 0 aromatic carbocycles. The average molecular weight is 250 g/mol. The second-order valence-electron chi connectivity index (χ2n) is 5.25. The van der Waals surface area contributed by atoms with Crippen LogP contribution in [-0.2, 0) is 17.8 Å². The van der Waals surface area contributed by atoms with Gasteiger partial charge in [-0.25, -0.2) is 0 Å². The van der Waals surface area contributed by atoms with Gasteiger partial charge in [-0.2, -0.15) is 5.10 Å². The van der Waals surface area contributed by atoms with E-state index in [4.69, 9.17) is 0 Å². The minimum Gasteiger partial charge on any atom is -0.481 e. The van der Waals surface area contributed by atoms with Gasteiger partial charge < -0.3 is 5.11 Å². The molecule has 1 heterocycles. The molecule has 4 heteroatoms. The Labute approximate surface area is 108 Å². The molecule has 0 aliphatic heterocycles. The van der Waals surface area contributed by atoms with E-state index >= 15 is 0 Å². The highest BCUT2D eigenvalue weighted by Crippen LogP contribution is 2.31. The summed E-state index contributed by atoms with van der Waals surface area (Å²) in [4.78, 5) is 11.3. The number of nitrogens with zero attached hydrogens (tertiary/aromatic N) is 2. The summed E-state index contributed by atoms with van der Waals surface area (Å²) in [5, 5.41) is 13.6. The first kappa shape index (κ1) is 13.1. The summed E-state index contributed by atoms with van der Waals surface area (Å²) in [6.45, 7) is 2.93. The summed E-state index contributed by atoms with van der Waals surface area (Å²) in [6, 6.07) is 0. The molecule has 1 aromatic heterocycles. The van der Waals surface area contributed by atoms with Crippen LogP contribution in [0.25, 0.3) is 0 Å². The number of aromatic nitrogens is 2. The molecule has 2 atom stereocenters. The molecule has 1 aliphatic carbocycles. The number of hydrogen-bond acceptors (Lipinski definition) is 2. The lowest BCUT2D eigenvalue weighted by Crippen LogP contribution is -2.24. The molecule has 1 saturated carbocycles. The SMILES string of the molecule is CCn1cc(CC2CCCCCC2C(=O)O)cn1. The molecule has 2 unspecified atom stereocenters. The Balaban J connectivity index is 2.05. The number of carboxylic acid groups (broad SMARTS) is 1. The average Bonchev–Trinajstić information content (AvgIpc) is 2.66. The third kappa shape index (κ3) is 3.12. The van der Waals surface area contributed by atoms with Crippen molar-refractivity contribution in [3.63, 3.8) is 0 Å². The monoisotopic (exact) mass is 250 g/mol. The zero-order valence-electron chi connectivity index (χ0n) is 11.0. The van der Waals surface area contributed by atoms with E-state index in [1.807, 2.05) is 17.1 Å². The van der Waals surface area contributed by atoms with E-state index in [-0.39, 0.29) is 11.8 Å². The third-order valence-corrected chi connectivity index (χ3v) is 3.98. The lowest BCUT2D eigenvalue weighted by Gasteiger charge is -2.20. The van der Waals surface area contributed by atoms with E-state index < -0.39 is 5.97 Å². The van der Waals surface area contributed by atoms with Crippen LogP contribution >= 0.6 is 0 Å². The van der Waals surface area contributed by atoms with Crippen molar-refractivity contribution in [1.29, 1.82) is 0 Å². The lowest BCUT2D eigenvalue weighted by molar-refractivity contribution is -0.143. The third-order valence-electron chi connectivity index (χ3n) is 3.98. The van der Waals surface area contributed by atoms with Gasteiger partial charge in [0.2, 0.25) is 0 Å². The van der Waals surface area contributed by atoms with Crippen molar-refractivity contribution in [2.75, 3.05) is 0 Å². The van der Waals surface area contributed by atoms with Crippen LogP contribution in [0, 0.1) is 11.8 Å².